The van der Waals surface area contributed by atoms with Crippen molar-refractivity contribution in [3.63, 3.8) is 0 Å². The zero-order valence-corrected chi connectivity index (χ0v) is 7.46. The second-order valence-corrected chi connectivity index (χ2v) is 2.77. The number of thiol groups is 1. The summed E-state index contributed by atoms with van der Waals surface area (Å²) in [7, 11) is 0. The second kappa shape index (κ2) is 4.20. The molecule has 12 heavy (non-hydrogen) atoms. The fourth-order valence-electron chi connectivity index (χ4n) is 1.10. The maximum Gasteiger partial charge on any atom is 0.327 e. The minimum atomic E-state index is -0.205. The van der Waals surface area contributed by atoms with Gasteiger partial charge >= 0.3 is 6.03 Å². The van der Waals surface area contributed by atoms with Gasteiger partial charge in [0.05, 0.1) is 0 Å². The summed E-state index contributed by atoms with van der Waals surface area (Å²) >= 11 is 3.65. The highest BCUT2D eigenvalue weighted by atomic mass is 32.1. The Bertz CT molecular complexity index is 180. The zero-order valence-electron chi connectivity index (χ0n) is 6.56. The molecule has 0 unspecified atom stereocenters. The third-order valence-electron chi connectivity index (χ3n) is 1.85. The van der Waals surface area contributed by atoms with Gasteiger partial charge in [-0.3, -0.25) is 9.52 Å². The highest BCUT2D eigenvalue weighted by molar-refractivity contribution is 7.78. The van der Waals surface area contributed by atoms with E-state index in [0.29, 0.717) is 26.2 Å². The maximum atomic E-state index is 11.0. The predicted octanol–water partition coefficient (Wildman–Crippen LogP) is -0.685. The Hall–Kier alpha value is -0.910. The molecule has 1 aliphatic heterocycles. The summed E-state index contributed by atoms with van der Waals surface area (Å²) in [5, 5.41) is 0. The van der Waals surface area contributed by atoms with Gasteiger partial charge in [0.25, 0.3) is 0 Å². The Kier molecular flexibility index (Phi) is 3.21. The molecule has 1 saturated heterocycles. The summed E-state index contributed by atoms with van der Waals surface area (Å²) in [5.41, 5.74) is 0. The lowest BCUT2D eigenvalue weighted by Crippen LogP contribution is -2.49. The van der Waals surface area contributed by atoms with Gasteiger partial charge in [0, 0.05) is 26.2 Å². The van der Waals surface area contributed by atoms with Crippen LogP contribution in [-0.2, 0) is 4.79 Å². The number of carbonyl (C=O) groups excluding carboxylic acids is 2. The number of carbonyl (C=O) groups is 2. The number of nitrogens with zero attached hydrogens (tertiary/aromatic N) is 2. The van der Waals surface area contributed by atoms with E-state index < -0.39 is 0 Å². The molecule has 0 saturated carbocycles. The number of amides is 3. The first kappa shape index (κ1) is 9.18. The van der Waals surface area contributed by atoms with Crippen LogP contribution < -0.4 is 4.72 Å². The van der Waals surface area contributed by atoms with Crippen LogP contribution in [0.15, 0.2) is 0 Å². The van der Waals surface area contributed by atoms with E-state index in [4.69, 9.17) is 0 Å². The lowest BCUT2D eigenvalue weighted by atomic mass is 10.3. The molecule has 1 fully saturated rings. The molecule has 0 spiro atoms. The molecule has 1 heterocycles. The van der Waals surface area contributed by atoms with Crippen LogP contribution in [0.1, 0.15) is 0 Å². The molecule has 0 aromatic carbocycles. The Morgan fingerprint density at radius 3 is 2.33 bits per heavy atom. The van der Waals surface area contributed by atoms with Crippen LogP contribution in [-0.4, -0.2) is 48.4 Å². The van der Waals surface area contributed by atoms with Crippen LogP contribution in [0.25, 0.3) is 0 Å². The van der Waals surface area contributed by atoms with Crippen molar-refractivity contribution in [2.24, 2.45) is 0 Å². The smallest absolute Gasteiger partial charge is 0.327 e. The zero-order chi connectivity index (χ0) is 8.97. The van der Waals surface area contributed by atoms with Gasteiger partial charge in [0.2, 0.25) is 6.41 Å². The van der Waals surface area contributed by atoms with Gasteiger partial charge in [0.15, 0.2) is 0 Å². The summed E-state index contributed by atoms with van der Waals surface area (Å²) in [6.45, 7) is 2.35. The van der Waals surface area contributed by atoms with E-state index in [2.05, 4.69) is 17.5 Å². The number of urea groups is 1. The van der Waals surface area contributed by atoms with Crippen LogP contribution in [0, 0.1) is 0 Å². The van der Waals surface area contributed by atoms with E-state index in [1.807, 2.05) is 0 Å². The molecule has 0 atom stereocenters. The average Bonchev–Trinajstić information content (AvgIpc) is 2.17. The van der Waals surface area contributed by atoms with Gasteiger partial charge in [-0.05, 0) is 0 Å². The van der Waals surface area contributed by atoms with Gasteiger partial charge in [-0.15, -0.1) is 0 Å². The highest BCUT2D eigenvalue weighted by Gasteiger charge is 2.18. The molecule has 1 N–H and O–H groups in total. The van der Waals surface area contributed by atoms with Crippen molar-refractivity contribution in [2.45, 2.75) is 0 Å². The summed E-state index contributed by atoms with van der Waals surface area (Å²) < 4.78 is 2.24. The molecule has 1 rings (SSSR count). The van der Waals surface area contributed by atoms with E-state index in [1.165, 1.54) is 0 Å². The fraction of sp³-hybridized carbons (Fsp3) is 0.667. The summed E-state index contributed by atoms with van der Waals surface area (Å²) in [6, 6.07) is -0.205. The van der Waals surface area contributed by atoms with Gasteiger partial charge in [0.1, 0.15) is 0 Å². The highest BCUT2D eigenvalue weighted by Crippen LogP contribution is 1.99. The Morgan fingerprint density at radius 2 is 1.92 bits per heavy atom. The predicted molar refractivity (Wildman–Crippen MR) is 46.7 cm³/mol. The first-order valence-corrected chi connectivity index (χ1v) is 4.11. The minimum absolute atomic E-state index is 0.205. The summed E-state index contributed by atoms with van der Waals surface area (Å²) in [6.07, 6.45) is 0.802. The largest absolute Gasteiger partial charge is 0.342 e. The number of hydrogen-bond acceptors (Lipinski definition) is 3. The monoisotopic (exact) mass is 189 g/mol. The third kappa shape index (κ3) is 2.04. The average molecular weight is 189 g/mol. The number of piperazine rings is 1. The van der Waals surface area contributed by atoms with E-state index in [1.54, 1.807) is 9.80 Å². The standard InChI is InChI=1S/C6H11N3O2S/c10-5-8-1-3-9(4-2-8)6(11)7-12/h5,12H,1-4H2,(H,7,11). The van der Waals surface area contributed by atoms with Crippen molar-refractivity contribution < 1.29 is 9.59 Å². The molecule has 0 aromatic heterocycles. The Balaban J connectivity index is 2.35. The van der Waals surface area contributed by atoms with Crippen LogP contribution in [0.3, 0.4) is 0 Å². The van der Waals surface area contributed by atoms with Crippen molar-refractivity contribution in [1.82, 2.24) is 14.5 Å². The molecule has 68 valence electrons. The molecule has 1 aliphatic rings. The van der Waals surface area contributed by atoms with Crippen molar-refractivity contribution in [1.29, 1.82) is 0 Å². The summed E-state index contributed by atoms with van der Waals surface area (Å²) in [4.78, 5) is 24.6. The first-order valence-electron chi connectivity index (χ1n) is 3.66. The topological polar surface area (TPSA) is 52.7 Å². The second-order valence-electron chi connectivity index (χ2n) is 2.55. The SMILES string of the molecule is O=CN1CCN(C(=O)NS)CC1. The molecule has 3 amide bonds. The number of hydrogen-bond donors (Lipinski definition) is 2. The van der Waals surface area contributed by atoms with Crippen LogP contribution in [0.4, 0.5) is 4.79 Å². The quantitative estimate of drug-likeness (QED) is 0.424. The van der Waals surface area contributed by atoms with Crippen molar-refractivity contribution in [3.8, 4) is 0 Å². The molecule has 0 bridgehead atoms. The molecular formula is C6H11N3O2S. The number of rotatable bonds is 1. The molecular weight excluding hydrogens is 178 g/mol. The van der Waals surface area contributed by atoms with Gasteiger partial charge in [-0.1, -0.05) is 12.8 Å². The molecule has 0 radical (unpaired) electrons. The lowest BCUT2D eigenvalue weighted by molar-refractivity contribution is -0.119. The molecule has 0 aliphatic carbocycles. The molecule has 0 aromatic rings. The van der Waals surface area contributed by atoms with Crippen LogP contribution in [0.2, 0.25) is 0 Å². The van der Waals surface area contributed by atoms with Gasteiger partial charge < -0.3 is 9.80 Å². The Morgan fingerprint density at radius 1 is 1.33 bits per heavy atom. The first-order chi connectivity index (χ1) is 5.77. The van der Waals surface area contributed by atoms with Crippen molar-refractivity contribution in [2.75, 3.05) is 26.2 Å². The number of nitrogens with one attached hydrogen (secondary N) is 1. The van der Waals surface area contributed by atoms with Crippen LogP contribution >= 0.6 is 12.8 Å². The van der Waals surface area contributed by atoms with Gasteiger partial charge in [-0.25, -0.2) is 4.79 Å². The maximum absolute atomic E-state index is 11.0. The molecule has 6 heteroatoms. The molecule has 5 nitrogen and oxygen atoms in total. The Labute approximate surface area is 76.2 Å². The van der Waals surface area contributed by atoms with Gasteiger partial charge in [-0.2, -0.15) is 0 Å². The van der Waals surface area contributed by atoms with E-state index in [9.17, 15) is 9.59 Å². The van der Waals surface area contributed by atoms with Crippen LogP contribution in [0.5, 0.6) is 0 Å². The minimum Gasteiger partial charge on any atom is -0.342 e. The van der Waals surface area contributed by atoms with Crippen molar-refractivity contribution >= 4 is 25.3 Å². The normalized spacial score (nSPS) is 17.4. The third-order valence-corrected chi connectivity index (χ3v) is 2.04. The van der Waals surface area contributed by atoms with Crippen molar-refractivity contribution in [3.05, 3.63) is 0 Å². The van der Waals surface area contributed by atoms with E-state index >= 15 is 0 Å². The van der Waals surface area contributed by atoms with E-state index in [0.717, 1.165) is 6.41 Å². The van der Waals surface area contributed by atoms with E-state index in [-0.39, 0.29) is 6.03 Å². The summed E-state index contributed by atoms with van der Waals surface area (Å²) in [5.74, 6) is 0. The lowest BCUT2D eigenvalue weighted by Gasteiger charge is -2.31. The fourth-order valence-corrected chi connectivity index (χ4v) is 1.24.